The van der Waals surface area contributed by atoms with Crippen LogP contribution < -0.4 is 5.32 Å². The van der Waals surface area contributed by atoms with Gasteiger partial charge in [-0.15, -0.1) is 0 Å². The number of halogens is 2. The first-order valence-corrected chi connectivity index (χ1v) is 6.03. The van der Waals surface area contributed by atoms with Crippen LogP contribution >= 0.6 is 0 Å². The molecule has 0 aromatic heterocycles. The first-order valence-electron chi connectivity index (χ1n) is 6.03. The van der Waals surface area contributed by atoms with E-state index >= 15 is 0 Å². The highest BCUT2D eigenvalue weighted by Gasteiger charge is 2.35. The average Bonchev–Trinajstić information content (AvgIpc) is 2.89. The van der Waals surface area contributed by atoms with Crippen molar-refractivity contribution in [2.45, 2.75) is 18.9 Å². The Morgan fingerprint density at radius 3 is 2.79 bits per heavy atom. The van der Waals surface area contributed by atoms with E-state index in [2.05, 4.69) is 5.32 Å². The molecule has 0 radical (unpaired) electrons. The number of rotatable bonds is 2. The molecule has 4 nitrogen and oxygen atoms in total. The van der Waals surface area contributed by atoms with E-state index in [9.17, 15) is 18.4 Å². The molecule has 1 aliphatic rings. The summed E-state index contributed by atoms with van der Waals surface area (Å²) in [6.45, 7) is 0.368. The number of hydrogen-bond donors (Lipinski definition) is 1. The van der Waals surface area contributed by atoms with Crippen LogP contribution in [0.2, 0.25) is 0 Å². The molecular formula is C13H14F2N2O2. The van der Waals surface area contributed by atoms with Crippen LogP contribution in [-0.2, 0) is 4.79 Å². The fraction of sp³-hybridized carbons (Fsp3) is 0.385. The first-order chi connectivity index (χ1) is 9.06. The van der Waals surface area contributed by atoms with Crippen molar-refractivity contribution >= 4 is 11.8 Å². The van der Waals surface area contributed by atoms with Gasteiger partial charge in [0.25, 0.3) is 5.91 Å². The quantitative estimate of drug-likeness (QED) is 0.879. The van der Waals surface area contributed by atoms with Crippen molar-refractivity contribution in [1.29, 1.82) is 0 Å². The number of carbonyl (C=O) groups excluding carboxylic acids is 2. The molecule has 1 unspecified atom stereocenters. The van der Waals surface area contributed by atoms with E-state index in [1.54, 1.807) is 0 Å². The van der Waals surface area contributed by atoms with Crippen LogP contribution in [-0.4, -0.2) is 36.3 Å². The monoisotopic (exact) mass is 268 g/mol. The van der Waals surface area contributed by atoms with Crippen molar-refractivity contribution in [2.75, 3.05) is 13.6 Å². The summed E-state index contributed by atoms with van der Waals surface area (Å²) in [5.41, 5.74) is -0.337. The summed E-state index contributed by atoms with van der Waals surface area (Å²) >= 11 is 0. The molecule has 0 spiro atoms. The Morgan fingerprint density at radius 2 is 2.11 bits per heavy atom. The van der Waals surface area contributed by atoms with E-state index in [0.29, 0.717) is 19.4 Å². The van der Waals surface area contributed by atoms with E-state index in [1.165, 1.54) is 24.1 Å². The van der Waals surface area contributed by atoms with Gasteiger partial charge in [0.1, 0.15) is 6.04 Å². The zero-order valence-electron chi connectivity index (χ0n) is 10.5. The number of nitrogens with zero attached hydrogens (tertiary/aromatic N) is 1. The summed E-state index contributed by atoms with van der Waals surface area (Å²) in [5.74, 6) is -3.18. The molecule has 1 fully saturated rings. The van der Waals surface area contributed by atoms with Gasteiger partial charge in [0, 0.05) is 13.6 Å². The molecule has 1 atom stereocenters. The van der Waals surface area contributed by atoms with Crippen LogP contribution in [0.3, 0.4) is 0 Å². The lowest BCUT2D eigenvalue weighted by Gasteiger charge is -2.23. The van der Waals surface area contributed by atoms with E-state index < -0.39 is 23.6 Å². The van der Waals surface area contributed by atoms with Crippen molar-refractivity contribution in [2.24, 2.45) is 0 Å². The molecule has 2 rings (SSSR count). The number of carbonyl (C=O) groups is 2. The summed E-state index contributed by atoms with van der Waals surface area (Å²) in [5, 5.41) is 2.47. The van der Waals surface area contributed by atoms with Crippen molar-refractivity contribution in [1.82, 2.24) is 10.2 Å². The van der Waals surface area contributed by atoms with Crippen LogP contribution in [0.15, 0.2) is 18.2 Å². The van der Waals surface area contributed by atoms with Crippen molar-refractivity contribution < 1.29 is 18.4 Å². The molecule has 0 aliphatic carbocycles. The molecular weight excluding hydrogens is 254 g/mol. The zero-order valence-corrected chi connectivity index (χ0v) is 10.5. The highest BCUT2D eigenvalue weighted by molar-refractivity contribution is 5.98. The van der Waals surface area contributed by atoms with Gasteiger partial charge in [-0.25, -0.2) is 8.78 Å². The minimum absolute atomic E-state index is 0.289. The van der Waals surface area contributed by atoms with Crippen molar-refractivity contribution in [3.05, 3.63) is 35.4 Å². The number of likely N-dealkylation sites (N-methyl/N-ethyl adjacent to an activating group) is 1. The molecule has 0 bridgehead atoms. The van der Waals surface area contributed by atoms with Gasteiger partial charge in [-0.05, 0) is 25.0 Å². The standard InChI is InChI=1S/C13H14F2N2O2/c1-16-12(18)10-6-3-7-17(10)13(19)8-4-2-5-9(14)11(8)15/h2,4-5,10H,3,6-7H2,1H3,(H,16,18). The summed E-state index contributed by atoms with van der Waals surface area (Å²) < 4.78 is 26.7. The maximum absolute atomic E-state index is 13.6. The summed E-state index contributed by atoms with van der Waals surface area (Å²) in [4.78, 5) is 25.1. The maximum atomic E-state index is 13.6. The molecule has 102 valence electrons. The Balaban J connectivity index is 2.28. The van der Waals surface area contributed by atoms with Gasteiger partial charge in [0.05, 0.1) is 5.56 Å². The number of amides is 2. The predicted molar refractivity (Wildman–Crippen MR) is 64.5 cm³/mol. The minimum Gasteiger partial charge on any atom is -0.357 e. The second-order valence-electron chi connectivity index (χ2n) is 4.37. The van der Waals surface area contributed by atoms with Gasteiger partial charge in [-0.1, -0.05) is 6.07 Å². The fourth-order valence-electron chi connectivity index (χ4n) is 2.27. The Kier molecular flexibility index (Phi) is 3.78. The molecule has 1 N–H and O–H groups in total. The van der Waals surface area contributed by atoms with Crippen LogP contribution in [0.5, 0.6) is 0 Å². The first kappa shape index (κ1) is 13.5. The van der Waals surface area contributed by atoms with Crippen LogP contribution in [0, 0.1) is 11.6 Å². The van der Waals surface area contributed by atoms with E-state index in [0.717, 1.165) is 6.07 Å². The van der Waals surface area contributed by atoms with Gasteiger partial charge in [0.15, 0.2) is 11.6 Å². The van der Waals surface area contributed by atoms with E-state index in [-0.39, 0.29) is 11.5 Å². The molecule has 2 amide bonds. The second-order valence-corrected chi connectivity index (χ2v) is 4.37. The summed E-state index contributed by atoms with van der Waals surface area (Å²) in [6, 6.07) is 2.84. The molecule has 0 saturated carbocycles. The third-order valence-corrected chi connectivity index (χ3v) is 3.24. The maximum Gasteiger partial charge on any atom is 0.257 e. The Hall–Kier alpha value is -1.98. The number of benzene rings is 1. The van der Waals surface area contributed by atoms with E-state index in [1.807, 2.05) is 0 Å². The normalized spacial score (nSPS) is 18.5. The molecule has 1 saturated heterocycles. The van der Waals surface area contributed by atoms with E-state index in [4.69, 9.17) is 0 Å². The van der Waals surface area contributed by atoms with Crippen LogP contribution in [0.25, 0.3) is 0 Å². The third-order valence-electron chi connectivity index (χ3n) is 3.24. The third kappa shape index (κ3) is 2.43. The lowest BCUT2D eigenvalue weighted by Crippen LogP contribution is -2.45. The molecule has 6 heteroatoms. The second kappa shape index (κ2) is 5.34. The Morgan fingerprint density at radius 1 is 1.37 bits per heavy atom. The largest absolute Gasteiger partial charge is 0.357 e. The Bertz CT molecular complexity index is 519. The molecule has 1 aromatic carbocycles. The molecule has 1 heterocycles. The van der Waals surface area contributed by atoms with Crippen LogP contribution in [0.4, 0.5) is 8.78 Å². The summed E-state index contributed by atoms with van der Waals surface area (Å²) in [6.07, 6.45) is 1.20. The molecule has 19 heavy (non-hydrogen) atoms. The highest BCUT2D eigenvalue weighted by Crippen LogP contribution is 2.22. The Labute approximate surface area is 109 Å². The van der Waals surface area contributed by atoms with Gasteiger partial charge in [-0.2, -0.15) is 0 Å². The average molecular weight is 268 g/mol. The lowest BCUT2D eigenvalue weighted by atomic mass is 10.1. The van der Waals surface area contributed by atoms with Crippen molar-refractivity contribution in [3.63, 3.8) is 0 Å². The lowest BCUT2D eigenvalue weighted by molar-refractivity contribution is -0.124. The smallest absolute Gasteiger partial charge is 0.257 e. The van der Waals surface area contributed by atoms with Crippen LogP contribution in [0.1, 0.15) is 23.2 Å². The minimum atomic E-state index is -1.17. The molecule has 1 aliphatic heterocycles. The SMILES string of the molecule is CNC(=O)C1CCCN1C(=O)c1cccc(F)c1F. The number of hydrogen-bond acceptors (Lipinski definition) is 2. The fourth-order valence-corrected chi connectivity index (χ4v) is 2.27. The van der Waals surface area contributed by atoms with Gasteiger partial charge >= 0.3 is 0 Å². The van der Waals surface area contributed by atoms with Gasteiger partial charge in [-0.3, -0.25) is 9.59 Å². The highest BCUT2D eigenvalue weighted by atomic mass is 19.2. The van der Waals surface area contributed by atoms with Crippen molar-refractivity contribution in [3.8, 4) is 0 Å². The van der Waals surface area contributed by atoms with Gasteiger partial charge < -0.3 is 10.2 Å². The molecule has 1 aromatic rings. The summed E-state index contributed by atoms with van der Waals surface area (Å²) in [7, 11) is 1.48. The topological polar surface area (TPSA) is 49.4 Å². The number of nitrogens with one attached hydrogen (secondary N) is 1. The van der Waals surface area contributed by atoms with Gasteiger partial charge in [0.2, 0.25) is 5.91 Å². The number of likely N-dealkylation sites (tertiary alicyclic amines) is 1. The predicted octanol–water partition coefficient (Wildman–Crippen LogP) is 1.32. The zero-order chi connectivity index (χ0) is 14.0.